The van der Waals surface area contributed by atoms with E-state index >= 15 is 0 Å². The van der Waals surface area contributed by atoms with Gasteiger partial charge in [-0.25, -0.2) is 4.39 Å². The molecule has 0 amide bonds. The molecule has 0 aliphatic heterocycles. The highest BCUT2D eigenvalue weighted by Gasteiger charge is 2.12. The molecular formula is C9H12FN. The third-order valence-corrected chi connectivity index (χ3v) is 1.58. The molecule has 11 heavy (non-hydrogen) atoms. The molecule has 0 saturated carbocycles. The van der Waals surface area contributed by atoms with Gasteiger partial charge in [0.25, 0.3) is 0 Å². The Kier molecular flexibility index (Phi) is 2.60. The second-order valence-corrected chi connectivity index (χ2v) is 2.67. The molecule has 0 spiro atoms. The van der Waals surface area contributed by atoms with E-state index in [1.165, 1.54) is 0 Å². The number of hydrogen-bond donors (Lipinski definition) is 1. The summed E-state index contributed by atoms with van der Waals surface area (Å²) in [6.07, 6.45) is -1.05. The third-order valence-electron chi connectivity index (χ3n) is 1.58. The molecule has 0 saturated heterocycles. The van der Waals surface area contributed by atoms with Gasteiger partial charge in [0.05, 0.1) is 0 Å². The molecule has 1 aromatic rings. The van der Waals surface area contributed by atoms with Crippen molar-refractivity contribution in [2.24, 2.45) is 5.73 Å². The fourth-order valence-electron chi connectivity index (χ4n) is 0.940. The molecule has 1 aromatic carbocycles. The first kappa shape index (κ1) is 8.21. The van der Waals surface area contributed by atoms with Crippen LogP contribution in [0, 0.1) is 0 Å². The zero-order chi connectivity index (χ0) is 8.27. The molecule has 0 bridgehead atoms. The zero-order valence-electron chi connectivity index (χ0n) is 6.50. The second-order valence-electron chi connectivity index (χ2n) is 2.67. The third kappa shape index (κ3) is 2.02. The number of nitrogens with two attached hydrogens (primary N) is 1. The number of alkyl halides is 1. The van der Waals surface area contributed by atoms with E-state index in [0.717, 1.165) is 0 Å². The van der Waals surface area contributed by atoms with E-state index in [0.29, 0.717) is 5.56 Å². The van der Waals surface area contributed by atoms with Crippen LogP contribution < -0.4 is 5.73 Å². The standard InChI is InChI=1S/C9H12FN/c1-7(11)9(10)8-5-3-2-4-6-8/h2-7,9H,11H2,1H3/t7-,9+/m0/s1. The SMILES string of the molecule is C[C@H](N)[C@@H](F)c1ccccc1. The average molecular weight is 153 g/mol. The number of rotatable bonds is 2. The Morgan fingerprint density at radius 3 is 2.27 bits per heavy atom. The molecule has 0 fully saturated rings. The number of halogens is 1. The predicted octanol–water partition coefficient (Wildman–Crippen LogP) is 2.04. The molecule has 0 aliphatic carbocycles. The van der Waals surface area contributed by atoms with Crippen molar-refractivity contribution in [2.45, 2.75) is 19.1 Å². The lowest BCUT2D eigenvalue weighted by atomic mass is 10.1. The molecular weight excluding hydrogens is 141 g/mol. The summed E-state index contributed by atoms with van der Waals surface area (Å²) in [5.74, 6) is 0. The Morgan fingerprint density at radius 2 is 1.82 bits per heavy atom. The summed E-state index contributed by atoms with van der Waals surface area (Å²) in [5.41, 5.74) is 6.05. The van der Waals surface area contributed by atoms with Crippen LogP contribution in [0.15, 0.2) is 30.3 Å². The van der Waals surface area contributed by atoms with Gasteiger partial charge in [-0.3, -0.25) is 0 Å². The highest BCUT2D eigenvalue weighted by Crippen LogP contribution is 2.18. The first-order valence-electron chi connectivity index (χ1n) is 3.66. The van der Waals surface area contributed by atoms with Crippen LogP contribution in [0.5, 0.6) is 0 Å². The van der Waals surface area contributed by atoms with Gasteiger partial charge in [-0.1, -0.05) is 30.3 Å². The van der Waals surface area contributed by atoms with Crippen LogP contribution in [-0.2, 0) is 0 Å². The van der Waals surface area contributed by atoms with Crippen LogP contribution in [0.25, 0.3) is 0 Å². The van der Waals surface area contributed by atoms with Crippen molar-refractivity contribution < 1.29 is 4.39 Å². The summed E-state index contributed by atoms with van der Waals surface area (Å²) < 4.78 is 13.1. The second kappa shape index (κ2) is 3.49. The van der Waals surface area contributed by atoms with Crippen molar-refractivity contribution in [3.8, 4) is 0 Å². The van der Waals surface area contributed by atoms with Crippen molar-refractivity contribution in [2.75, 3.05) is 0 Å². The molecule has 0 aliphatic rings. The Balaban J connectivity index is 2.77. The van der Waals surface area contributed by atoms with Gasteiger partial charge in [-0.15, -0.1) is 0 Å². The van der Waals surface area contributed by atoms with E-state index in [9.17, 15) is 4.39 Å². The van der Waals surface area contributed by atoms with Gasteiger partial charge < -0.3 is 5.73 Å². The van der Waals surface area contributed by atoms with Crippen molar-refractivity contribution >= 4 is 0 Å². The maximum atomic E-state index is 13.1. The number of hydrogen-bond acceptors (Lipinski definition) is 1. The molecule has 0 heterocycles. The van der Waals surface area contributed by atoms with Crippen molar-refractivity contribution in [1.82, 2.24) is 0 Å². The normalized spacial score (nSPS) is 15.9. The van der Waals surface area contributed by atoms with Crippen LogP contribution in [0.2, 0.25) is 0 Å². The van der Waals surface area contributed by atoms with Gasteiger partial charge in [-0.2, -0.15) is 0 Å². The van der Waals surface area contributed by atoms with Gasteiger partial charge in [0.2, 0.25) is 0 Å². The highest BCUT2D eigenvalue weighted by molar-refractivity contribution is 5.18. The largest absolute Gasteiger partial charge is 0.325 e. The van der Waals surface area contributed by atoms with Gasteiger partial charge in [0, 0.05) is 6.04 Å². The van der Waals surface area contributed by atoms with Crippen molar-refractivity contribution in [3.63, 3.8) is 0 Å². The first-order chi connectivity index (χ1) is 5.22. The fraction of sp³-hybridized carbons (Fsp3) is 0.333. The Bertz CT molecular complexity index is 208. The first-order valence-corrected chi connectivity index (χ1v) is 3.66. The summed E-state index contributed by atoms with van der Waals surface area (Å²) in [4.78, 5) is 0. The van der Waals surface area contributed by atoms with E-state index in [4.69, 9.17) is 5.73 Å². The van der Waals surface area contributed by atoms with E-state index in [-0.39, 0.29) is 0 Å². The lowest BCUT2D eigenvalue weighted by Gasteiger charge is -2.11. The Hall–Kier alpha value is -0.890. The molecule has 60 valence electrons. The monoisotopic (exact) mass is 153 g/mol. The summed E-state index contributed by atoms with van der Waals surface area (Å²) in [7, 11) is 0. The van der Waals surface area contributed by atoms with E-state index < -0.39 is 12.2 Å². The molecule has 0 radical (unpaired) electrons. The molecule has 2 N–H and O–H groups in total. The smallest absolute Gasteiger partial charge is 0.140 e. The maximum absolute atomic E-state index is 13.1. The lowest BCUT2D eigenvalue weighted by Crippen LogP contribution is -2.21. The fourth-order valence-corrected chi connectivity index (χ4v) is 0.940. The van der Waals surface area contributed by atoms with E-state index in [1.54, 1.807) is 19.1 Å². The Morgan fingerprint density at radius 1 is 1.27 bits per heavy atom. The predicted molar refractivity (Wildman–Crippen MR) is 43.9 cm³/mol. The van der Waals surface area contributed by atoms with E-state index in [2.05, 4.69) is 0 Å². The van der Waals surface area contributed by atoms with Crippen LogP contribution in [0.1, 0.15) is 18.7 Å². The van der Waals surface area contributed by atoms with Gasteiger partial charge in [0.1, 0.15) is 6.17 Å². The summed E-state index contributed by atoms with van der Waals surface area (Å²) in [5, 5.41) is 0. The molecule has 0 unspecified atom stereocenters. The van der Waals surface area contributed by atoms with Crippen LogP contribution in [0.4, 0.5) is 4.39 Å². The minimum atomic E-state index is -1.05. The van der Waals surface area contributed by atoms with Gasteiger partial charge >= 0.3 is 0 Å². The highest BCUT2D eigenvalue weighted by atomic mass is 19.1. The Labute approximate surface area is 66.0 Å². The summed E-state index contributed by atoms with van der Waals surface area (Å²) >= 11 is 0. The number of benzene rings is 1. The van der Waals surface area contributed by atoms with Crippen molar-refractivity contribution in [1.29, 1.82) is 0 Å². The van der Waals surface area contributed by atoms with Gasteiger partial charge in [-0.05, 0) is 12.5 Å². The molecule has 1 nitrogen and oxygen atoms in total. The minimum absolute atomic E-state index is 0.433. The molecule has 2 atom stereocenters. The maximum Gasteiger partial charge on any atom is 0.140 e. The summed E-state index contributed by atoms with van der Waals surface area (Å²) in [6, 6.07) is 8.53. The topological polar surface area (TPSA) is 26.0 Å². The van der Waals surface area contributed by atoms with Crippen LogP contribution in [-0.4, -0.2) is 6.04 Å². The quantitative estimate of drug-likeness (QED) is 0.691. The van der Waals surface area contributed by atoms with Crippen molar-refractivity contribution in [3.05, 3.63) is 35.9 Å². The summed E-state index contributed by atoms with van der Waals surface area (Å²) in [6.45, 7) is 1.66. The van der Waals surface area contributed by atoms with Crippen LogP contribution >= 0.6 is 0 Å². The zero-order valence-corrected chi connectivity index (χ0v) is 6.50. The lowest BCUT2D eigenvalue weighted by molar-refractivity contribution is 0.300. The van der Waals surface area contributed by atoms with Gasteiger partial charge in [0.15, 0.2) is 0 Å². The van der Waals surface area contributed by atoms with Crippen LogP contribution in [0.3, 0.4) is 0 Å². The molecule has 1 rings (SSSR count). The molecule has 2 heteroatoms. The molecule has 0 aromatic heterocycles. The van der Waals surface area contributed by atoms with E-state index in [1.807, 2.05) is 18.2 Å². The minimum Gasteiger partial charge on any atom is -0.325 e. The average Bonchev–Trinajstić information content (AvgIpc) is 2.05.